The molecule has 2 aromatic carbocycles. The zero-order valence-corrected chi connectivity index (χ0v) is 16.7. The van der Waals surface area contributed by atoms with E-state index in [1.807, 2.05) is 6.92 Å². The molecule has 0 aliphatic rings. The van der Waals surface area contributed by atoms with Gasteiger partial charge in [0.25, 0.3) is 5.91 Å². The molecule has 2 aromatic rings. The highest BCUT2D eigenvalue weighted by atomic mass is 35.5. The fourth-order valence-corrected chi connectivity index (χ4v) is 2.74. The highest BCUT2D eigenvalue weighted by molar-refractivity contribution is 6.32. The summed E-state index contributed by atoms with van der Waals surface area (Å²) in [6.45, 7) is 4.02. The molecular formula is C21H24ClFN2O3. The Bertz CT molecular complexity index is 798. The Kier molecular flexibility index (Phi) is 8.26. The fourth-order valence-electron chi connectivity index (χ4n) is 2.55. The van der Waals surface area contributed by atoms with Crippen LogP contribution in [-0.2, 0) is 16.1 Å². The number of para-hydroxylation sites is 1. The Labute approximate surface area is 169 Å². The average Bonchev–Trinajstić information content (AvgIpc) is 2.70. The number of hydrogen-bond donors (Lipinski definition) is 1. The number of amides is 2. The maximum atomic E-state index is 13.2. The van der Waals surface area contributed by atoms with Crippen LogP contribution in [0.3, 0.4) is 0 Å². The lowest BCUT2D eigenvalue weighted by molar-refractivity contribution is -0.142. The van der Waals surface area contributed by atoms with Crippen LogP contribution >= 0.6 is 11.6 Å². The number of ether oxygens (including phenoxy) is 1. The normalized spacial score (nSPS) is 11.6. The van der Waals surface area contributed by atoms with Gasteiger partial charge in [-0.3, -0.25) is 9.59 Å². The van der Waals surface area contributed by atoms with Crippen molar-refractivity contribution in [3.63, 3.8) is 0 Å². The Hall–Kier alpha value is -2.60. The minimum absolute atomic E-state index is 0.158. The molecule has 0 bridgehead atoms. The molecule has 0 unspecified atom stereocenters. The third-order valence-electron chi connectivity index (χ3n) is 4.17. The summed E-state index contributed by atoms with van der Waals surface area (Å²) >= 11 is 6.05. The molecule has 2 amide bonds. The standard InChI is InChI=1S/C21H24ClFN2O3/c1-3-12-24-21(27)15(2)25(13-16-8-10-17(23)11-9-16)20(26)14-28-19-7-5-4-6-18(19)22/h4-11,15H,3,12-14H2,1-2H3,(H,24,27)/t15-/m0/s1. The van der Waals surface area contributed by atoms with Crippen LogP contribution in [0.4, 0.5) is 4.39 Å². The van der Waals surface area contributed by atoms with Gasteiger partial charge in [0.15, 0.2) is 6.61 Å². The van der Waals surface area contributed by atoms with Crippen LogP contribution in [-0.4, -0.2) is 35.9 Å². The van der Waals surface area contributed by atoms with Crippen LogP contribution in [0, 0.1) is 5.82 Å². The van der Waals surface area contributed by atoms with Crippen LogP contribution in [0.25, 0.3) is 0 Å². The second-order valence-electron chi connectivity index (χ2n) is 6.33. The number of nitrogens with one attached hydrogen (secondary N) is 1. The van der Waals surface area contributed by atoms with E-state index in [-0.39, 0.29) is 30.8 Å². The van der Waals surface area contributed by atoms with Crippen molar-refractivity contribution in [2.45, 2.75) is 32.9 Å². The van der Waals surface area contributed by atoms with E-state index in [1.165, 1.54) is 17.0 Å². The molecule has 1 atom stereocenters. The summed E-state index contributed by atoms with van der Waals surface area (Å²) in [5.74, 6) is -0.599. The minimum atomic E-state index is -0.709. The van der Waals surface area contributed by atoms with E-state index >= 15 is 0 Å². The summed E-state index contributed by atoms with van der Waals surface area (Å²) in [4.78, 5) is 26.6. The molecule has 0 saturated carbocycles. The summed E-state index contributed by atoms with van der Waals surface area (Å²) in [5.41, 5.74) is 0.711. The lowest BCUT2D eigenvalue weighted by Crippen LogP contribution is -2.49. The van der Waals surface area contributed by atoms with Crippen LogP contribution in [0.15, 0.2) is 48.5 Å². The molecule has 0 saturated heterocycles. The van der Waals surface area contributed by atoms with Gasteiger partial charge in [0.05, 0.1) is 5.02 Å². The zero-order valence-electron chi connectivity index (χ0n) is 16.0. The first-order chi connectivity index (χ1) is 13.4. The number of rotatable bonds is 9. The summed E-state index contributed by atoms with van der Waals surface area (Å²) in [6.07, 6.45) is 0.792. The molecule has 28 heavy (non-hydrogen) atoms. The molecule has 2 rings (SSSR count). The average molecular weight is 407 g/mol. The van der Waals surface area contributed by atoms with Gasteiger partial charge in [0.2, 0.25) is 5.91 Å². The fraction of sp³-hybridized carbons (Fsp3) is 0.333. The number of hydrogen-bond acceptors (Lipinski definition) is 3. The summed E-state index contributed by atoms with van der Waals surface area (Å²) < 4.78 is 18.7. The van der Waals surface area contributed by atoms with Crippen molar-refractivity contribution in [2.24, 2.45) is 0 Å². The van der Waals surface area contributed by atoms with Crippen molar-refractivity contribution in [1.82, 2.24) is 10.2 Å². The van der Waals surface area contributed by atoms with Gasteiger partial charge >= 0.3 is 0 Å². The van der Waals surface area contributed by atoms with Gasteiger partial charge < -0.3 is 15.0 Å². The highest BCUT2D eigenvalue weighted by Gasteiger charge is 2.26. The van der Waals surface area contributed by atoms with Crippen molar-refractivity contribution < 1.29 is 18.7 Å². The van der Waals surface area contributed by atoms with Crippen LogP contribution in [0.2, 0.25) is 5.02 Å². The van der Waals surface area contributed by atoms with Gasteiger partial charge in [-0.05, 0) is 43.2 Å². The number of benzene rings is 2. The van der Waals surface area contributed by atoms with E-state index in [0.29, 0.717) is 22.9 Å². The molecule has 1 N–H and O–H groups in total. The monoisotopic (exact) mass is 406 g/mol. The molecule has 7 heteroatoms. The van der Waals surface area contributed by atoms with Crippen LogP contribution in [0.5, 0.6) is 5.75 Å². The smallest absolute Gasteiger partial charge is 0.261 e. The Morgan fingerprint density at radius 3 is 2.50 bits per heavy atom. The van der Waals surface area contributed by atoms with Crippen molar-refractivity contribution in [2.75, 3.05) is 13.2 Å². The second-order valence-corrected chi connectivity index (χ2v) is 6.74. The largest absolute Gasteiger partial charge is 0.482 e. The highest BCUT2D eigenvalue weighted by Crippen LogP contribution is 2.23. The van der Waals surface area contributed by atoms with E-state index in [1.54, 1.807) is 43.3 Å². The first-order valence-electron chi connectivity index (χ1n) is 9.11. The number of halogens is 2. The Morgan fingerprint density at radius 2 is 1.86 bits per heavy atom. The quantitative estimate of drug-likeness (QED) is 0.689. The van der Waals surface area contributed by atoms with E-state index in [9.17, 15) is 14.0 Å². The van der Waals surface area contributed by atoms with Crippen LogP contribution in [0.1, 0.15) is 25.8 Å². The van der Waals surface area contributed by atoms with Crippen molar-refractivity contribution in [3.8, 4) is 5.75 Å². The van der Waals surface area contributed by atoms with Crippen molar-refractivity contribution in [3.05, 3.63) is 64.9 Å². The summed E-state index contributed by atoms with van der Waals surface area (Å²) in [5, 5.41) is 3.19. The van der Waals surface area contributed by atoms with Gasteiger partial charge in [-0.15, -0.1) is 0 Å². The third-order valence-corrected chi connectivity index (χ3v) is 4.48. The van der Waals surface area contributed by atoms with Crippen molar-refractivity contribution in [1.29, 1.82) is 0 Å². The predicted octanol–water partition coefficient (Wildman–Crippen LogP) is 3.80. The number of carbonyl (C=O) groups is 2. The zero-order chi connectivity index (χ0) is 20.5. The van der Waals surface area contributed by atoms with E-state index in [2.05, 4.69) is 5.32 Å². The molecule has 0 fully saturated rings. The molecule has 0 aromatic heterocycles. The first-order valence-corrected chi connectivity index (χ1v) is 9.49. The Balaban J connectivity index is 2.13. The molecule has 0 aliphatic carbocycles. The molecule has 0 radical (unpaired) electrons. The second kappa shape index (κ2) is 10.7. The number of nitrogens with zero attached hydrogens (tertiary/aromatic N) is 1. The Morgan fingerprint density at radius 1 is 1.18 bits per heavy atom. The summed E-state index contributed by atoms with van der Waals surface area (Å²) in [6, 6.07) is 11.9. The SMILES string of the molecule is CCCNC(=O)[C@H](C)N(Cc1ccc(F)cc1)C(=O)COc1ccccc1Cl. The number of carbonyl (C=O) groups excluding carboxylic acids is 2. The molecule has 150 valence electrons. The first kappa shape index (κ1) is 21.7. The topological polar surface area (TPSA) is 58.6 Å². The maximum absolute atomic E-state index is 13.2. The van der Waals surface area contributed by atoms with Gasteiger partial charge in [-0.25, -0.2) is 4.39 Å². The summed E-state index contributed by atoms with van der Waals surface area (Å²) in [7, 11) is 0. The lowest BCUT2D eigenvalue weighted by atomic mass is 10.1. The molecular weight excluding hydrogens is 383 g/mol. The third kappa shape index (κ3) is 6.23. The van der Waals surface area contributed by atoms with Gasteiger partial charge in [-0.1, -0.05) is 42.8 Å². The lowest BCUT2D eigenvalue weighted by Gasteiger charge is -2.28. The van der Waals surface area contributed by atoms with E-state index < -0.39 is 6.04 Å². The van der Waals surface area contributed by atoms with E-state index in [4.69, 9.17) is 16.3 Å². The minimum Gasteiger partial charge on any atom is -0.482 e. The van der Waals surface area contributed by atoms with Gasteiger partial charge in [0, 0.05) is 13.1 Å². The van der Waals surface area contributed by atoms with Gasteiger partial charge in [-0.2, -0.15) is 0 Å². The van der Waals surface area contributed by atoms with Crippen LogP contribution < -0.4 is 10.1 Å². The predicted molar refractivity (Wildman–Crippen MR) is 107 cm³/mol. The molecule has 0 spiro atoms. The maximum Gasteiger partial charge on any atom is 0.261 e. The van der Waals surface area contributed by atoms with E-state index in [0.717, 1.165) is 6.42 Å². The van der Waals surface area contributed by atoms with Crippen molar-refractivity contribution >= 4 is 23.4 Å². The molecule has 0 heterocycles. The molecule has 0 aliphatic heterocycles. The van der Waals surface area contributed by atoms with Gasteiger partial charge in [0.1, 0.15) is 17.6 Å². The molecule has 5 nitrogen and oxygen atoms in total.